The van der Waals surface area contributed by atoms with Gasteiger partial charge in [-0.1, -0.05) is 0 Å². The van der Waals surface area contributed by atoms with Crippen LogP contribution in [0.2, 0.25) is 0 Å². The standard InChI is InChI=1S/C19H25N5O2/c1-23-17-15(8-22-23)18(26)24(11-21-17)9-16(25)20-10-19-5-12-2-13(6-19)4-14(3-12)7-19/h8,11-14H,2-7,9-10H2,1H3,(H,20,25). The summed E-state index contributed by atoms with van der Waals surface area (Å²) < 4.78 is 2.94. The number of carbonyl (C=O) groups excluding carboxylic acids is 1. The van der Waals surface area contributed by atoms with Crippen LogP contribution in [0.5, 0.6) is 0 Å². The highest BCUT2D eigenvalue weighted by atomic mass is 16.2. The first-order chi connectivity index (χ1) is 12.5. The zero-order chi connectivity index (χ0) is 17.9. The van der Waals surface area contributed by atoms with Gasteiger partial charge in [0.15, 0.2) is 5.65 Å². The minimum atomic E-state index is -0.215. The minimum absolute atomic E-state index is 0.0169. The molecule has 0 atom stereocenters. The fourth-order valence-corrected chi connectivity index (χ4v) is 6.18. The Balaban J connectivity index is 1.27. The Labute approximate surface area is 151 Å². The van der Waals surface area contributed by atoms with E-state index in [4.69, 9.17) is 0 Å². The van der Waals surface area contributed by atoms with Gasteiger partial charge in [0.1, 0.15) is 18.3 Å². The summed E-state index contributed by atoms with van der Waals surface area (Å²) in [5.74, 6) is 2.52. The molecule has 2 aromatic heterocycles. The molecule has 0 saturated heterocycles. The summed E-state index contributed by atoms with van der Waals surface area (Å²) in [5.41, 5.74) is 0.634. The Morgan fingerprint density at radius 1 is 1.23 bits per heavy atom. The zero-order valence-corrected chi connectivity index (χ0v) is 15.1. The van der Waals surface area contributed by atoms with E-state index >= 15 is 0 Å². The summed E-state index contributed by atoms with van der Waals surface area (Å²) in [6.07, 6.45) is 11.0. The van der Waals surface area contributed by atoms with E-state index in [2.05, 4.69) is 15.4 Å². The maximum atomic E-state index is 12.5. The van der Waals surface area contributed by atoms with E-state index in [9.17, 15) is 9.59 Å². The van der Waals surface area contributed by atoms with Crippen molar-refractivity contribution >= 4 is 16.9 Å². The quantitative estimate of drug-likeness (QED) is 0.900. The number of fused-ring (bicyclic) bond motifs is 1. The largest absolute Gasteiger partial charge is 0.354 e. The van der Waals surface area contributed by atoms with Gasteiger partial charge in [0.25, 0.3) is 5.56 Å². The lowest BCUT2D eigenvalue weighted by molar-refractivity contribution is -0.123. The summed E-state index contributed by atoms with van der Waals surface area (Å²) in [5, 5.41) is 7.63. The summed E-state index contributed by atoms with van der Waals surface area (Å²) in [6.45, 7) is 0.773. The molecule has 4 aliphatic carbocycles. The van der Waals surface area contributed by atoms with Crippen LogP contribution in [0.3, 0.4) is 0 Å². The van der Waals surface area contributed by atoms with Gasteiger partial charge in [0.2, 0.25) is 5.91 Å². The van der Waals surface area contributed by atoms with E-state index < -0.39 is 0 Å². The smallest absolute Gasteiger partial charge is 0.264 e. The van der Waals surface area contributed by atoms with Crippen LogP contribution >= 0.6 is 0 Å². The molecule has 0 aromatic carbocycles. The van der Waals surface area contributed by atoms with E-state index in [0.29, 0.717) is 16.4 Å². The Morgan fingerprint density at radius 2 is 1.88 bits per heavy atom. The highest BCUT2D eigenvalue weighted by Gasteiger charge is 2.50. The first kappa shape index (κ1) is 16.0. The molecule has 4 fully saturated rings. The van der Waals surface area contributed by atoms with Crippen LogP contribution in [0.25, 0.3) is 11.0 Å². The second kappa shape index (κ2) is 5.66. The van der Waals surface area contributed by atoms with Gasteiger partial charge >= 0.3 is 0 Å². The van der Waals surface area contributed by atoms with Gasteiger partial charge in [-0.3, -0.25) is 18.8 Å². The number of hydrogen-bond donors (Lipinski definition) is 1. The molecular formula is C19H25N5O2. The first-order valence-electron chi connectivity index (χ1n) is 9.65. The average molecular weight is 355 g/mol. The predicted molar refractivity (Wildman–Crippen MR) is 96.4 cm³/mol. The molecule has 4 aliphatic rings. The van der Waals surface area contributed by atoms with Gasteiger partial charge in [0, 0.05) is 13.6 Å². The number of amides is 1. The van der Waals surface area contributed by atoms with Gasteiger partial charge < -0.3 is 5.32 Å². The summed E-state index contributed by atoms with van der Waals surface area (Å²) in [4.78, 5) is 29.2. The number of aryl methyl sites for hydroxylation is 1. The van der Waals surface area contributed by atoms with Crippen LogP contribution in [0.1, 0.15) is 38.5 Å². The van der Waals surface area contributed by atoms with Gasteiger partial charge in [-0.15, -0.1) is 0 Å². The number of rotatable bonds is 4. The molecule has 0 radical (unpaired) electrons. The number of aromatic nitrogens is 4. The topological polar surface area (TPSA) is 81.8 Å². The van der Waals surface area contributed by atoms with Gasteiger partial charge in [-0.05, 0) is 61.7 Å². The van der Waals surface area contributed by atoms with Gasteiger partial charge in [0.05, 0.1) is 6.20 Å². The monoisotopic (exact) mass is 355 g/mol. The molecule has 0 unspecified atom stereocenters. The van der Waals surface area contributed by atoms with Crippen LogP contribution in [0.4, 0.5) is 0 Å². The third-order valence-electron chi connectivity index (χ3n) is 6.86. The van der Waals surface area contributed by atoms with E-state index in [1.54, 1.807) is 11.7 Å². The van der Waals surface area contributed by atoms with E-state index in [1.165, 1.54) is 55.6 Å². The number of hydrogen-bond acceptors (Lipinski definition) is 4. The molecule has 1 amide bonds. The van der Waals surface area contributed by atoms with Crippen molar-refractivity contribution < 1.29 is 4.79 Å². The molecule has 0 spiro atoms. The third-order valence-corrected chi connectivity index (χ3v) is 6.86. The SMILES string of the molecule is Cn1ncc2c(=O)n(CC(=O)NCC34CC5CC(CC(C5)C3)C4)cnc21. The van der Waals surface area contributed by atoms with Crippen molar-refractivity contribution in [2.45, 2.75) is 45.1 Å². The van der Waals surface area contributed by atoms with Crippen LogP contribution in [0, 0.1) is 23.2 Å². The van der Waals surface area contributed by atoms with Crippen molar-refractivity contribution in [3.63, 3.8) is 0 Å². The van der Waals surface area contributed by atoms with Crippen molar-refractivity contribution in [3.05, 3.63) is 22.9 Å². The van der Waals surface area contributed by atoms with Crippen LogP contribution in [-0.2, 0) is 18.4 Å². The Kier molecular flexibility index (Phi) is 3.49. The third kappa shape index (κ3) is 2.56. The minimum Gasteiger partial charge on any atom is -0.354 e. The summed E-state index contributed by atoms with van der Waals surface area (Å²) >= 11 is 0. The predicted octanol–water partition coefficient (Wildman–Crippen LogP) is 1.46. The fraction of sp³-hybridized carbons (Fsp3) is 0.684. The molecule has 26 heavy (non-hydrogen) atoms. The Hall–Kier alpha value is -2.18. The molecular weight excluding hydrogens is 330 g/mol. The molecule has 1 N–H and O–H groups in total. The molecule has 6 rings (SSSR count). The van der Waals surface area contributed by atoms with Crippen LogP contribution < -0.4 is 10.9 Å². The molecule has 0 aliphatic heterocycles. The van der Waals surface area contributed by atoms with E-state index in [-0.39, 0.29) is 18.0 Å². The molecule has 2 aromatic rings. The maximum absolute atomic E-state index is 12.5. The Bertz CT molecular complexity index is 892. The van der Waals surface area contributed by atoms with E-state index in [0.717, 1.165) is 24.3 Å². The van der Waals surface area contributed by atoms with Gasteiger partial charge in [-0.25, -0.2) is 4.98 Å². The molecule has 138 valence electrons. The summed E-state index contributed by atoms with van der Waals surface area (Å²) in [6, 6.07) is 0. The number of nitrogens with zero attached hydrogens (tertiary/aromatic N) is 4. The Morgan fingerprint density at radius 3 is 2.54 bits per heavy atom. The van der Waals surface area contributed by atoms with E-state index in [1.807, 2.05) is 0 Å². The maximum Gasteiger partial charge on any atom is 0.264 e. The van der Waals surface area contributed by atoms with Crippen molar-refractivity contribution in [1.82, 2.24) is 24.6 Å². The molecule has 4 bridgehead atoms. The summed E-state index contributed by atoms with van der Waals surface area (Å²) in [7, 11) is 1.75. The highest BCUT2D eigenvalue weighted by molar-refractivity contribution is 5.77. The second-order valence-electron chi connectivity index (χ2n) is 8.88. The van der Waals surface area contributed by atoms with Crippen molar-refractivity contribution in [1.29, 1.82) is 0 Å². The number of nitrogens with one attached hydrogen (secondary N) is 1. The lowest BCUT2D eigenvalue weighted by atomic mass is 9.49. The highest BCUT2D eigenvalue weighted by Crippen LogP contribution is 2.59. The lowest BCUT2D eigenvalue weighted by Crippen LogP contribution is -2.51. The van der Waals surface area contributed by atoms with Crippen molar-refractivity contribution in [2.24, 2.45) is 30.2 Å². The second-order valence-corrected chi connectivity index (χ2v) is 8.88. The number of carbonyl (C=O) groups is 1. The van der Waals surface area contributed by atoms with Gasteiger partial charge in [-0.2, -0.15) is 5.10 Å². The van der Waals surface area contributed by atoms with Crippen LogP contribution in [0.15, 0.2) is 17.3 Å². The van der Waals surface area contributed by atoms with Crippen molar-refractivity contribution in [3.8, 4) is 0 Å². The molecule has 7 nitrogen and oxygen atoms in total. The molecule has 7 heteroatoms. The normalized spacial score (nSPS) is 32.3. The molecule has 2 heterocycles. The van der Waals surface area contributed by atoms with Crippen molar-refractivity contribution in [2.75, 3.05) is 6.54 Å². The lowest BCUT2D eigenvalue weighted by Gasteiger charge is -2.56. The molecule has 4 saturated carbocycles. The fourth-order valence-electron chi connectivity index (χ4n) is 6.18. The van der Waals surface area contributed by atoms with Crippen LogP contribution in [-0.4, -0.2) is 31.8 Å². The zero-order valence-electron chi connectivity index (χ0n) is 15.1. The first-order valence-corrected chi connectivity index (χ1v) is 9.65. The average Bonchev–Trinajstić information content (AvgIpc) is 2.96.